The average Bonchev–Trinajstić information content (AvgIpc) is 2.99. The topological polar surface area (TPSA) is 171 Å². The fourth-order valence-corrected chi connectivity index (χ4v) is 8.44. The molecule has 4 N–H and O–H groups in total. The van der Waals surface area contributed by atoms with Gasteiger partial charge in [-0.2, -0.15) is 0 Å². The minimum atomic E-state index is -3.58. The van der Waals surface area contributed by atoms with Crippen molar-refractivity contribution >= 4 is 62.0 Å². The van der Waals surface area contributed by atoms with Gasteiger partial charge in [-0.3, -0.25) is 19.2 Å². The third kappa shape index (κ3) is 13.0. The van der Waals surface area contributed by atoms with E-state index in [2.05, 4.69) is 27.8 Å². The number of sulfone groups is 1. The van der Waals surface area contributed by atoms with Gasteiger partial charge in [0.1, 0.15) is 6.04 Å². The second-order valence-electron chi connectivity index (χ2n) is 17.1. The lowest BCUT2D eigenvalue weighted by atomic mass is 9.80. The van der Waals surface area contributed by atoms with Crippen molar-refractivity contribution in [1.82, 2.24) is 26.2 Å². The third-order valence-electron chi connectivity index (χ3n) is 10.4. The summed E-state index contributed by atoms with van der Waals surface area (Å²) < 4.78 is 24.6. The van der Waals surface area contributed by atoms with Crippen LogP contribution in [0, 0.1) is 23.2 Å². The minimum absolute atomic E-state index is 0.0290. The van der Waals surface area contributed by atoms with Gasteiger partial charge < -0.3 is 26.2 Å². The molecule has 5 amide bonds. The van der Waals surface area contributed by atoms with Crippen LogP contribution in [0.5, 0.6) is 0 Å². The highest BCUT2D eigenvalue weighted by atomic mass is 127. The Hall–Kier alpha value is -2.23. The van der Waals surface area contributed by atoms with Crippen LogP contribution in [-0.4, -0.2) is 88.1 Å². The quantitative estimate of drug-likeness (QED) is 0.0522. The molecule has 292 valence electrons. The number of halogens is 1. The van der Waals surface area contributed by atoms with Gasteiger partial charge in [0, 0.05) is 13.1 Å². The first-order chi connectivity index (χ1) is 23.4. The van der Waals surface area contributed by atoms with E-state index in [1.54, 1.807) is 20.8 Å². The predicted molar refractivity (Wildman–Crippen MR) is 210 cm³/mol. The number of ketones is 1. The van der Waals surface area contributed by atoms with Gasteiger partial charge in [-0.05, 0) is 85.8 Å². The van der Waals surface area contributed by atoms with E-state index in [1.807, 2.05) is 64.1 Å². The summed E-state index contributed by atoms with van der Waals surface area (Å²) in [6.45, 7) is 20.3. The van der Waals surface area contributed by atoms with E-state index in [-0.39, 0.29) is 36.6 Å². The van der Waals surface area contributed by atoms with Crippen LogP contribution in [0.3, 0.4) is 0 Å². The summed E-state index contributed by atoms with van der Waals surface area (Å²) in [5.41, 5.74) is -1.78. The van der Waals surface area contributed by atoms with Crippen LogP contribution in [0.2, 0.25) is 0 Å². The lowest BCUT2D eigenvalue weighted by Gasteiger charge is -2.41. The van der Waals surface area contributed by atoms with Crippen LogP contribution in [0.1, 0.15) is 120 Å². The van der Waals surface area contributed by atoms with E-state index < -0.39 is 71.2 Å². The number of amides is 5. The maximum Gasteiger partial charge on any atom is 0.315 e. The molecule has 12 nitrogen and oxygen atoms in total. The van der Waals surface area contributed by atoms with E-state index >= 15 is 0 Å². The number of hydrogen-bond acceptors (Lipinski definition) is 7. The molecule has 2 fully saturated rings. The number of carbonyl (C=O) groups excluding carboxylic acids is 5. The second-order valence-corrected chi connectivity index (χ2v) is 21.0. The first-order valence-electron chi connectivity index (χ1n) is 18.4. The smallest absolute Gasteiger partial charge is 0.315 e. The van der Waals surface area contributed by atoms with Crippen molar-refractivity contribution in [2.24, 2.45) is 23.2 Å². The third-order valence-corrected chi connectivity index (χ3v) is 14.5. The summed E-state index contributed by atoms with van der Waals surface area (Å²) >= 11 is 1.89. The number of rotatable bonds is 17. The van der Waals surface area contributed by atoms with E-state index in [4.69, 9.17) is 0 Å². The fourth-order valence-electron chi connectivity index (χ4n) is 6.24. The molecule has 14 heteroatoms. The van der Waals surface area contributed by atoms with Crippen LogP contribution < -0.4 is 21.3 Å². The molecule has 0 aromatic carbocycles. The maximum atomic E-state index is 14.6. The molecule has 0 aromatic heterocycles. The number of Topliss-reactive ketones (excluding diaryl/α,β-unsaturated/α-hetero) is 1. The van der Waals surface area contributed by atoms with Crippen molar-refractivity contribution in [2.45, 2.75) is 147 Å². The molecule has 51 heavy (non-hydrogen) atoms. The Morgan fingerprint density at radius 1 is 0.941 bits per heavy atom. The molecule has 0 spiro atoms. The van der Waals surface area contributed by atoms with Crippen molar-refractivity contribution in [3.8, 4) is 0 Å². The number of hydrogen-bond donors (Lipinski definition) is 4. The molecule has 0 aliphatic heterocycles. The van der Waals surface area contributed by atoms with Crippen LogP contribution in [0.25, 0.3) is 0 Å². The van der Waals surface area contributed by atoms with Gasteiger partial charge in [-0.25, -0.2) is 13.2 Å². The molecule has 2 rings (SSSR count). The lowest BCUT2D eigenvalue weighted by Crippen LogP contribution is -2.64. The van der Waals surface area contributed by atoms with Crippen molar-refractivity contribution in [3.63, 3.8) is 0 Å². The summed E-state index contributed by atoms with van der Waals surface area (Å²) in [4.78, 5) is 69.6. The Bertz CT molecular complexity index is 1360. The normalized spacial score (nSPS) is 19.0. The zero-order valence-electron chi connectivity index (χ0n) is 32.3. The van der Waals surface area contributed by atoms with Gasteiger partial charge in [-0.15, -0.1) is 6.58 Å². The highest BCUT2D eigenvalue weighted by Gasteiger charge is 2.45. The van der Waals surface area contributed by atoms with Gasteiger partial charge in [0.2, 0.25) is 11.7 Å². The van der Waals surface area contributed by atoms with Gasteiger partial charge in [0.25, 0.3) is 11.8 Å². The van der Waals surface area contributed by atoms with E-state index in [0.717, 1.165) is 38.5 Å². The summed E-state index contributed by atoms with van der Waals surface area (Å²) in [7, 11) is -3.58. The monoisotopic (exact) mass is 849 g/mol. The maximum absolute atomic E-state index is 14.6. The molecule has 2 saturated carbocycles. The van der Waals surface area contributed by atoms with Gasteiger partial charge in [0.15, 0.2) is 13.9 Å². The Morgan fingerprint density at radius 2 is 1.53 bits per heavy atom. The van der Waals surface area contributed by atoms with Crippen LogP contribution in [-0.2, 0) is 29.0 Å². The second kappa shape index (κ2) is 18.7. The van der Waals surface area contributed by atoms with E-state index in [0.29, 0.717) is 19.3 Å². The van der Waals surface area contributed by atoms with Crippen LogP contribution in [0.4, 0.5) is 4.79 Å². The molecule has 0 bridgehead atoms. The zero-order valence-corrected chi connectivity index (χ0v) is 35.3. The molecular weight excluding hydrogens is 785 g/mol. The Kier molecular flexibility index (Phi) is 16.5. The lowest BCUT2D eigenvalue weighted by molar-refractivity contribution is -0.143. The average molecular weight is 850 g/mol. The molecule has 0 saturated heterocycles. The molecule has 0 aromatic rings. The summed E-state index contributed by atoms with van der Waals surface area (Å²) in [6.07, 6.45) is 8.12. The highest BCUT2D eigenvalue weighted by Crippen LogP contribution is 2.34. The molecule has 2 aliphatic rings. The van der Waals surface area contributed by atoms with Gasteiger partial charge >= 0.3 is 6.03 Å². The number of nitrogens with one attached hydrogen (secondary N) is 4. The Labute approximate surface area is 320 Å². The Morgan fingerprint density at radius 3 is 2.00 bits per heavy atom. The molecule has 1 unspecified atom stereocenters. The first-order valence-corrected chi connectivity index (χ1v) is 21.3. The number of nitrogens with zero attached hydrogens (tertiary/aromatic N) is 1. The summed E-state index contributed by atoms with van der Waals surface area (Å²) in [5, 5.41) is 11.2. The van der Waals surface area contributed by atoms with Crippen molar-refractivity contribution in [3.05, 3.63) is 12.7 Å². The fraction of sp³-hybridized carbons (Fsp3) is 0.811. The largest absolute Gasteiger partial charge is 0.346 e. The number of urea groups is 1. The van der Waals surface area contributed by atoms with Crippen molar-refractivity contribution < 1.29 is 32.4 Å². The number of alkyl halides is 1. The first kappa shape index (κ1) is 44.9. The zero-order chi connectivity index (χ0) is 38.9. The standard InChI is InChI=1S/C37H64IN5O7S/c1-11-20-39-31(45)28(44)27(21-26-16-15-17-26)40-32(46)30(38)43(22-25(4)24(2)3)33(47)29(35(5,6)7)41-34(48)42-37(18-13-12-14-19-37)23-51(49,50)36(8,9)10/h11,24-27,29-30H,1,12-23H2,2-10H3,(H,39,45)(H,40,46)(H2,41,42,48)/t25-,27?,29-,30-/m1/s1. The van der Waals surface area contributed by atoms with Crippen LogP contribution in [0.15, 0.2) is 12.7 Å². The van der Waals surface area contributed by atoms with Gasteiger partial charge in [-0.1, -0.05) is 86.1 Å². The molecule has 0 radical (unpaired) electrons. The summed E-state index contributed by atoms with van der Waals surface area (Å²) in [6, 6.07) is -2.78. The summed E-state index contributed by atoms with van der Waals surface area (Å²) in [5.74, 6) is -2.48. The van der Waals surface area contributed by atoms with E-state index in [9.17, 15) is 32.4 Å². The minimum Gasteiger partial charge on any atom is -0.346 e. The number of carbonyl (C=O) groups is 5. The van der Waals surface area contributed by atoms with Crippen LogP contribution >= 0.6 is 22.6 Å². The molecular formula is C37H64IN5O7S. The molecule has 0 heterocycles. The molecule has 2 aliphatic carbocycles. The SMILES string of the molecule is C=CCNC(=O)C(=O)C(CC1CCC1)NC(=O)[C@H](I)N(C[C@@H](C)C(C)C)C(=O)[C@@H](NC(=O)NC1(CS(=O)(=O)C(C)(C)C)CCCCC1)C(C)(C)C. The van der Waals surface area contributed by atoms with Crippen molar-refractivity contribution in [1.29, 1.82) is 0 Å². The van der Waals surface area contributed by atoms with E-state index in [1.165, 1.54) is 11.0 Å². The van der Waals surface area contributed by atoms with Crippen molar-refractivity contribution in [2.75, 3.05) is 18.8 Å². The predicted octanol–water partition coefficient (Wildman–Crippen LogP) is 5.04. The van der Waals surface area contributed by atoms with Gasteiger partial charge in [0.05, 0.1) is 22.1 Å². The highest BCUT2D eigenvalue weighted by molar-refractivity contribution is 14.1. The Balaban J connectivity index is 2.40. The molecule has 4 atom stereocenters.